The predicted molar refractivity (Wildman–Crippen MR) is 88.9 cm³/mol. The minimum atomic E-state index is -0.0749. The van der Waals surface area contributed by atoms with Gasteiger partial charge in [0.1, 0.15) is 0 Å². The fraction of sp³-hybridized carbons (Fsp3) is 0.500. The molecule has 0 bridgehead atoms. The molecule has 112 valence electrons. The summed E-state index contributed by atoms with van der Waals surface area (Å²) in [5.74, 6) is -0.0749. The zero-order valence-electron chi connectivity index (χ0n) is 11.3. The molecule has 3 nitrogen and oxygen atoms in total. The molecule has 0 saturated carbocycles. The van der Waals surface area contributed by atoms with E-state index in [0.29, 0.717) is 17.1 Å². The molecule has 0 spiro atoms. The number of halogens is 3. The maximum Gasteiger partial charge on any atom is 0.252 e. The number of rotatable bonds is 3. The highest BCUT2D eigenvalue weighted by Crippen LogP contribution is 2.27. The van der Waals surface area contributed by atoms with Crippen LogP contribution < -0.4 is 10.6 Å². The quantitative estimate of drug-likeness (QED) is 0.838. The molecule has 1 aromatic rings. The lowest BCUT2D eigenvalue weighted by Crippen LogP contribution is -2.42. The average Bonchev–Trinajstić information content (AvgIpc) is 2.40. The van der Waals surface area contributed by atoms with Crippen molar-refractivity contribution < 1.29 is 4.79 Å². The van der Waals surface area contributed by atoms with Crippen molar-refractivity contribution >= 4 is 45.8 Å². The first-order valence-corrected chi connectivity index (χ1v) is 7.61. The van der Waals surface area contributed by atoms with E-state index >= 15 is 0 Å². The zero-order valence-corrected chi connectivity index (χ0v) is 14.5. The highest BCUT2D eigenvalue weighted by Gasteiger charge is 2.27. The summed E-state index contributed by atoms with van der Waals surface area (Å²) in [7, 11) is 0. The van der Waals surface area contributed by atoms with E-state index in [-0.39, 0.29) is 23.7 Å². The highest BCUT2D eigenvalue weighted by molar-refractivity contribution is 9.10. The maximum absolute atomic E-state index is 12.2. The first-order valence-electron chi connectivity index (χ1n) is 6.44. The SMILES string of the molecule is CC1(CNC(=O)c2cc(Cl)ccc2Br)CCNCC1.Cl. The van der Waals surface area contributed by atoms with E-state index < -0.39 is 0 Å². The van der Waals surface area contributed by atoms with Gasteiger partial charge in [-0.25, -0.2) is 0 Å². The van der Waals surface area contributed by atoms with Crippen molar-refractivity contribution in [3.63, 3.8) is 0 Å². The molecule has 20 heavy (non-hydrogen) atoms. The molecule has 1 amide bonds. The van der Waals surface area contributed by atoms with E-state index in [0.717, 1.165) is 30.4 Å². The minimum absolute atomic E-state index is 0. The Hall–Kier alpha value is -0.290. The normalized spacial score (nSPS) is 17.1. The molecule has 0 unspecified atom stereocenters. The molecular formula is C14H19BrCl2N2O. The van der Waals surface area contributed by atoms with Crippen molar-refractivity contribution in [1.29, 1.82) is 0 Å². The summed E-state index contributed by atoms with van der Waals surface area (Å²) in [4.78, 5) is 12.2. The van der Waals surface area contributed by atoms with Crippen molar-refractivity contribution in [1.82, 2.24) is 10.6 Å². The van der Waals surface area contributed by atoms with Crippen molar-refractivity contribution in [3.05, 3.63) is 33.3 Å². The second-order valence-corrected chi connectivity index (χ2v) is 6.66. The van der Waals surface area contributed by atoms with Gasteiger partial charge in [-0.15, -0.1) is 12.4 Å². The van der Waals surface area contributed by atoms with Gasteiger partial charge >= 0.3 is 0 Å². The lowest BCUT2D eigenvalue weighted by Gasteiger charge is -2.34. The number of carbonyl (C=O) groups is 1. The second-order valence-electron chi connectivity index (χ2n) is 5.37. The second kappa shape index (κ2) is 7.64. The van der Waals surface area contributed by atoms with Gasteiger partial charge in [0.05, 0.1) is 5.56 Å². The third kappa shape index (κ3) is 4.62. The Balaban J connectivity index is 0.00000200. The van der Waals surface area contributed by atoms with Gasteiger partial charge in [0, 0.05) is 16.0 Å². The molecule has 1 aromatic carbocycles. The Morgan fingerprint density at radius 1 is 1.45 bits per heavy atom. The molecular weight excluding hydrogens is 363 g/mol. The lowest BCUT2D eigenvalue weighted by atomic mass is 9.81. The number of hydrogen-bond donors (Lipinski definition) is 2. The summed E-state index contributed by atoms with van der Waals surface area (Å²) in [6.07, 6.45) is 2.17. The predicted octanol–water partition coefficient (Wildman–Crippen LogP) is 3.64. The van der Waals surface area contributed by atoms with Crippen molar-refractivity contribution in [2.45, 2.75) is 19.8 Å². The number of hydrogen-bond acceptors (Lipinski definition) is 2. The van der Waals surface area contributed by atoms with Crippen LogP contribution in [0.1, 0.15) is 30.1 Å². The van der Waals surface area contributed by atoms with Gasteiger partial charge < -0.3 is 10.6 Å². The molecule has 0 aromatic heterocycles. The number of benzene rings is 1. The van der Waals surface area contributed by atoms with Gasteiger partial charge in [0.25, 0.3) is 5.91 Å². The minimum Gasteiger partial charge on any atom is -0.351 e. The third-order valence-electron chi connectivity index (χ3n) is 3.66. The molecule has 1 fully saturated rings. The molecule has 2 N–H and O–H groups in total. The molecule has 2 rings (SSSR count). The third-order valence-corrected chi connectivity index (χ3v) is 4.59. The molecule has 6 heteroatoms. The van der Waals surface area contributed by atoms with Gasteiger partial charge in [-0.05, 0) is 65.5 Å². The van der Waals surface area contributed by atoms with E-state index in [9.17, 15) is 4.79 Å². The van der Waals surface area contributed by atoms with Crippen molar-refractivity contribution in [2.75, 3.05) is 19.6 Å². The van der Waals surface area contributed by atoms with Crippen LogP contribution >= 0.6 is 39.9 Å². The molecule has 1 aliphatic rings. The van der Waals surface area contributed by atoms with Crippen LogP contribution in [0.4, 0.5) is 0 Å². The van der Waals surface area contributed by atoms with Crippen LogP contribution in [0.3, 0.4) is 0 Å². The van der Waals surface area contributed by atoms with E-state index in [1.54, 1.807) is 18.2 Å². The highest BCUT2D eigenvalue weighted by atomic mass is 79.9. The van der Waals surface area contributed by atoms with Gasteiger partial charge in [-0.2, -0.15) is 0 Å². The molecule has 0 aliphatic carbocycles. The van der Waals surface area contributed by atoms with E-state index in [2.05, 4.69) is 33.5 Å². The molecule has 1 saturated heterocycles. The lowest BCUT2D eigenvalue weighted by molar-refractivity contribution is 0.0921. The number of amides is 1. The van der Waals surface area contributed by atoms with Gasteiger partial charge in [-0.3, -0.25) is 4.79 Å². The van der Waals surface area contributed by atoms with E-state index in [1.165, 1.54) is 0 Å². The van der Waals surface area contributed by atoms with Crippen LogP contribution in [0.15, 0.2) is 22.7 Å². The fourth-order valence-corrected chi connectivity index (χ4v) is 2.87. The van der Waals surface area contributed by atoms with Crippen LogP contribution in [0.5, 0.6) is 0 Å². The monoisotopic (exact) mass is 380 g/mol. The van der Waals surface area contributed by atoms with Crippen molar-refractivity contribution in [3.8, 4) is 0 Å². The first-order chi connectivity index (χ1) is 9.00. The molecule has 0 atom stereocenters. The Bertz CT molecular complexity index is 476. The van der Waals surface area contributed by atoms with Crippen LogP contribution in [-0.4, -0.2) is 25.5 Å². The van der Waals surface area contributed by atoms with Gasteiger partial charge in [0.2, 0.25) is 0 Å². The first kappa shape index (κ1) is 17.8. The Kier molecular flexibility index (Phi) is 6.79. The van der Waals surface area contributed by atoms with Crippen molar-refractivity contribution in [2.24, 2.45) is 5.41 Å². The molecule has 1 heterocycles. The summed E-state index contributed by atoms with van der Waals surface area (Å²) < 4.78 is 0.768. The maximum atomic E-state index is 12.2. The number of piperidine rings is 1. The largest absolute Gasteiger partial charge is 0.351 e. The topological polar surface area (TPSA) is 41.1 Å². The summed E-state index contributed by atoms with van der Waals surface area (Å²) in [5.41, 5.74) is 0.774. The zero-order chi connectivity index (χ0) is 13.9. The van der Waals surface area contributed by atoms with E-state index in [1.807, 2.05) is 0 Å². The summed E-state index contributed by atoms with van der Waals surface area (Å²) in [6, 6.07) is 5.24. The van der Waals surface area contributed by atoms with Crippen LogP contribution in [-0.2, 0) is 0 Å². The standard InChI is InChI=1S/C14H18BrClN2O.ClH/c1-14(4-6-17-7-5-14)9-18-13(19)11-8-10(16)2-3-12(11)15;/h2-3,8,17H,4-7,9H2,1H3,(H,18,19);1H. The number of carbonyl (C=O) groups excluding carboxylic acids is 1. The summed E-state index contributed by atoms with van der Waals surface area (Å²) >= 11 is 9.31. The smallest absolute Gasteiger partial charge is 0.252 e. The molecule has 0 radical (unpaired) electrons. The average molecular weight is 382 g/mol. The Morgan fingerprint density at radius 2 is 2.10 bits per heavy atom. The Labute approximate surface area is 139 Å². The fourth-order valence-electron chi connectivity index (χ4n) is 2.27. The summed E-state index contributed by atoms with van der Waals surface area (Å²) in [5, 5.41) is 6.93. The van der Waals surface area contributed by atoms with E-state index in [4.69, 9.17) is 11.6 Å². The van der Waals surface area contributed by atoms with Gasteiger partial charge in [0.15, 0.2) is 0 Å². The number of nitrogens with one attached hydrogen (secondary N) is 2. The van der Waals surface area contributed by atoms with Crippen LogP contribution in [0.2, 0.25) is 5.02 Å². The Morgan fingerprint density at radius 3 is 2.75 bits per heavy atom. The van der Waals surface area contributed by atoms with Gasteiger partial charge in [-0.1, -0.05) is 18.5 Å². The van der Waals surface area contributed by atoms with Crippen LogP contribution in [0.25, 0.3) is 0 Å². The van der Waals surface area contributed by atoms with Crippen LogP contribution in [0, 0.1) is 5.41 Å². The summed E-state index contributed by atoms with van der Waals surface area (Å²) in [6.45, 7) is 4.97. The molecule has 1 aliphatic heterocycles.